The van der Waals surface area contributed by atoms with Crippen molar-refractivity contribution in [2.24, 2.45) is 0 Å². The van der Waals surface area contributed by atoms with Gasteiger partial charge in [0.25, 0.3) is 0 Å². The summed E-state index contributed by atoms with van der Waals surface area (Å²) >= 11 is 5.45. The highest BCUT2D eigenvalue weighted by Gasteiger charge is 2.33. The molecule has 1 aliphatic rings. The lowest BCUT2D eigenvalue weighted by Crippen LogP contribution is -2.46. The molecule has 8 nitrogen and oxygen atoms in total. The second-order valence-corrected chi connectivity index (χ2v) is 8.46. The van der Waals surface area contributed by atoms with Crippen LogP contribution < -0.4 is 16.0 Å². The number of aryl methyl sites for hydroxylation is 2. The Morgan fingerprint density at radius 3 is 2.41 bits per heavy atom. The van der Waals surface area contributed by atoms with Crippen molar-refractivity contribution in [1.29, 1.82) is 0 Å². The van der Waals surface area contributed by atoms with Crippen LogP contribution in [0.1, 0.15) is 29.7 Å². The molecule has 3 rings (SSSR count). The number of ether oxygens (including phenoxy) is 2. The Balaban J connectivity index is 1.81. The van der Waals surface area contributed by atoms with E-state index in [2.05, 4.69) is 16.0 Å². The van der Waals surface area contributed by atoms with E-state index >= 15 is 0 Å². The monoisotopic (exact) mass is 482 g/mol. The predicted octanol–water partition coefficient (Wildman–Crippen LogP) is 4.27. The molecule has 0 saturated carbocycles. The molecule has 1 atom stereocenters. The van der Waals surface area contributed by atoms with Crippen LogP contribution in [0.5, 0.6) is 0 Å². The van der Waals surface area contributed by atoms with Crippen LogP contribution in [-0.4, -0.2) is 49.4 Å². The maximum atomic E-state index is 12.9. The number of rotatable bonds is 7. The molecule has 0 fully saturated rings. The van der Waals surface area contributed by atoms with Gasteiger partial charge in [0.2, 0.25) is 0 Å². The van der Waals surface area contributed by atoms with Gasteiger partial charge in [0.15, 0.2) is 5.11 Å². The molecule has 2 amide bonds. The first-order valence-corrected chi connectivity index (χ1v) is 11.3. The molecular weight excluding hydrogens is 452 g/mol. The van der Waals surface area contributed by atoms with Crippen molar-refractivity contribution in [2.45, 2.75) is 26.8 Å². The fraction of sp³-hybridized carbons (Fsp3) is 0.320. The number of allylic oxidation sites excluding steroid dienone is 1. The Kier molecular flexibility index (Phi) is 8.25. The topological polar surface area (TPSA) is 91.9 Å². The van der Waals surface area contributed by atoms with E-state index in [4.69, 9.17) is 21.7 Å². The van der Waals surface area contributed by atoms with Crippen LogP contribution in [0.3, 0.4) is 0 Å². The molecule has 0 aliphatic carbocycles. The number of nitrogens with zero attached hydrogens (tertiary/aromatic N) is 1. The summed E-state index contributed by atoms with van der Waals surface area (Å²) in [5, 5.41) is 9.39. The van der Waals surface area contributed by atoms with Crippen LogP contribution in [-0.2, 0) is 14.3 Å². The van der Waals surface area contributed by atoms with Gasteiger partial charge in [-0.3, -0.25) is 0 Å². The standard InChI is InChI=1S/C25H30N4O4S/c1-15-9-10-20(13-16(15)2)27-24(31)26-19-8-6-7-18(14-19)22-21(23(30)33-12-11-32-5)17(3)29(4)25(34)28-22/h6-10,13-14,22H,11-12H2,1-5H3,(H,28,34)(H2,26,27,31). The highest BCUT2D eigenvalue weighted by Crippen LogP contribution is 2.32. The minimum absolute atomic E-state index is 0.146. The van der Waals surface area contributed by atoms with Crippen molar-refractivity contribution in [3.8, 4) is 0 Å². The number of carbonyl (C=O) groups excluding carboxylic acids is 2. The number of benzene rings is 2. The predicted molar refractivity (Wildman–Crippen MR) is 137 cm³/mol. The fourth-order valence-electron chi connectivity index (χ4n) is 3.55. The average molecular weight is 483 g/mol. The molecule has 0 saturated heterocycles. The van der Waals surface area contributed by atoms with E-state index in [0.29, 0.717) is 34.4 Å². The van der Waals surface area contributed by atoms with Crippen molar-refractivity contribution in [3.63, 3.8) is 0 Å². The second-order valence-electron chi connectivity index (χ2n) is 8.07. The summed E-state index contributed by atoms with van der Waals surface area (Å²) < 4.78 is 10.4. The van der Waals surface area contributed by atoms with E-state index < -0.39 is 12.0 Å². The van der Waals surface area contributed by atoms with Crippen LogP contribution in [0.4, 0.5) is 16.2 Å². The first kappa shape index (κ1) is 25.2. The van der Waals surface area contributed by atoms with Crippen LogP contribution in [0.15, 0.2) is 53.7 Å². The molecule has 0 spiro atoms. The van der Waals surface area contributed by atoms with Gasteiger partial charge in [-0.2, -0.15) is 0 Å². The molecule has 2 aromatic rings. The zero-order valence-electron chi connectivity index (χ0n) is 20.0. The first-order valence-electron chi connectivity index (χ1n) is 10.9. The van der Waals surface area contributed by atoms with Crippen molar-refractivity contribution in [1.82, 2.24) is 10.2 Å². The molecule has 1 heterocycles. The molecule has 9 heteroatoms. The van der Waals surface area contributed by atoms with Gasteiger partial charge in [0, 0.05) is 31.2 Å². The summed E-state index contributed by atoms with van der Waals surface area (Å²) in [6.45, 7) is 6.29. The Hall–Kier alpha value is -3.43. The largest absolute Gasteiger partial charge is 0.460 e. The molecule has 0 radical (unpaired) electrons. The van der Waals surface area contributed by atoms with Gasteiger partial charge in [-0.15, -0.1) is 0 Å². The van der Waals surface area contributed by atoms with Gasteiger partial charge in [-0.25, -0.2) is 9.59 Å². The van der Waals surface area contributed by atoms with Crippen LogP contribution in [0.25, 0.3) is 0 Å². The summed E-state index contributed by atoms with van der Waals surface area (Å²) in [5.41, 5.74) is 5.44. The number of amides is 2. The number of carbonyl (C=O) groups is 2. The van der Waals surface area contributed by atoms with Crippen LogP contribution >= 0.6 is 12.2 Å². The zero-order chi connectivity index (χ0) is 24.8. The lowest BCUT2D eigenvalue weighted by Gasteiger charge is -2.35. The summed E-state index contributed by atoms with van der Waals surface area (Å²) in [6, 6.07) is 12.1. The third-order valence-electron chi connectivity index (χ3n) is 5.74. The number of thiocarbonyl (C=S) groups is 1. The molecule has 1 aliphatic heterocycles. The highest BCUT2D eigenvalue weighted by atomic mass is 32.1. The van der Waals surface area contributed by atoms with Gasteiger partial charge in [0.05, 0.1) is 18.2 Å². The Labute approximate surface area is 205 Å². The summed E-state index contributed by atoms with van der Waals surface area (Å²) in [6.07, 6.45) is 0. The molecule has 1 unspecified atom stereocenters. The Bertz CT molecular complexity index is 1130. The van der Waals surface area contributed by atoms with Gasteiger partial charge in [0.1, 0.15) is 6.61 Å². The first-order chi connectivity index (χ1) is 16.2. The smallest absolute Gasteiger partial charge is 0.338 e. The van der Waals surface area contributed by atoms with Crippen LogP contribution in [0, 0.1) is 13.8 Å². The molecule has 0 bridgehead atoms. The Morgan fingerprint density at radius 2 is 1.74 bits per heavy atom. The van der Waals surface area contributed by atoms with Gasteiger partial charge < -0.3 is 30.3 Å². The van der Waals surface area contributed by atoms with Gasteiger partial charge >= 0.3 is 12.0 Å². The lowest BCUT2D eigenvalue weighted by atomic mass is 9.95. The summed E-state index contributed by atoms with van der Waals surface area (Å²) in [4.78, 5) is 27.2. The molecule has 2 aromatic carbocycles. The third-order valence-corrected chi connectivity index (χ3v) is 6.13. The maximum absolute atomic E-state index is 12.9. The number of hydrogen-bond donors (Lipinski definition) is 3. The summed E-state index contributed by atoms with van der Waals surface area (Å²) in [5.74, 6) is -0.452. The average Bonchev–Trinajstić information content (AvgIpc) is 2.80. The SMILES string of the molecule is COCCOC(=O)C1=C(C)N(C)C(=S)NC1c1cccc(NC(=O)Nc2ccc(C)c(C)c2)c1. The van der Waals surface area contributed by atoms with Gasteiger partial charge in [-0.1, -0.05) is 18.2 Å². The zero-order valence-corrected chi connectivity index (χ0v) is 20.8. The van der Waals surface area contributed by atoms with Crippen molar-refractivity contribution in [2.75, 3.05) is 38.0 Å². The number of urea groups is 1. The Morgan fingerprint density at radius 1 is 1.03 bits per heavy atom. The molecular formula is C25H30N4O4S. The van der Waals surface area contributed by atoms with E-state index in [1.165, 1.54) is 0 Å². The van der Waals surface area contributed by atoms with Crippen molar-refractivity contribution >= 4 is 40.7 Å². The fourth-order valence-corrected chi connectivity index (χ4v) is 3.81. The molecule has 34 heavy (non-hydrogen) atoms. The van der Waals surface area contributed by atoms with Crippen molar-refractivity contribution in [3.05, 3.63) is 70.4 Å². The van der Waals surface area contributed by atoms with E-state index in [-0.39, 0.29) is 12.6 Å². The molecule has 0 aromatic heterocycles. The quantitative estimate of drug-likeness (QED) is 0.308. The minimum atomic E-state index is -0.525. The number of hydrogen-bond acceptors (Lipinski definition) is 5. The molecule has 3 N–H and O–H groups in total. The summed E-state index contributed by atoms with van der Waals surface area (Å²) in [7, 11) is 3.34. The van der Waals surface area contributed by atoms with E-state index in [1.807, 2.05) is 51.1 Å². The lowest BCUT2D eigenvalue weighted by molar-refractivity contribution is -0.140. The highest BCUT2D eigenvalue weighted by molar-refractivity contribution is 7.80. The number of esters is 1. The van der Waals surface area contributed by atoms with Crippen molar-refractivity contribution < 1.29 is 19.1 Å². The number of anilines is 2. The normalized spacial score (nSPS) is 15.6. The maximum Gasteiger partial charge on any atom is 0.338 e. The van der Waals surface area contributed by atoms with Crippen LogP contribution in [0.2, 0.25) is 0 Å². The van der Waals surface area contributed by atoms with E-state index in [1.54, 1.807) is 31.2 Å². The second kappa shape index (κ2) is 11.1. The number of methoxy groups -OCH3 is 1. The van der Waals surface area contributed by atoms with E-state index in [9.17, 15) is 9.59 Å². The minimum Gasteiger partial charge on any atom is -0.460 e. The van der Waals surface area contributed by atoms with E-state index in [0.717, 1.165) is 16.7 Å². The van der Waals surface area contributed by atoms with Gasteiger partial charge in [-0.05, 0) is 73.9 Å². The number of nitrogens with one attached hydrogen (secondary N) is 3. The third kappa shape index (κ3) is 5.92. The molecule has 180 valence electrons.